The Hall–Kier alpha value is -1.45. The van der Waals surface area contributed by atoms with Gasteiger partial charge in [-0.3, -0.25) is 4.72 Å². The summed E-state index contributed by atoms with van der Waals surface area (Å²) in [6.45, 7) is 0. The topological polar surface area (TPSA) is 101 Å². The van der Waals surface area contributed by atoms with E-state index in [1.165, 1.54) is 12.5 Å². The Kier molecular flexibility index (Phi) is 3.88. The number of halogens is 1. The molecule has 9 heteroatoms. The van der Waals surface area contributed by atoms with Gasteiger partial charge in [0, 0.05) is 10.0 Å². The number of hydrogen-bond acceptors (Lipinski definition) is 4. The summed E-state index contributed by atoms with van der Waals surface area (Å²) in [6, 6.07) is 4.95. The molecule has 1 heterocycles. The van der Waals surface area contributed by atoms with Gasteiger partial charge in [-0.25, -0.2) is 4.98 Å². The van der Waals surface area contributed by atoms with E-state index in [4.69, 9.17) is 18.0 Å². The molecule has 0 atom stereocenters. The van der Waals surface area contributed by atoms with Gasteiger partial charge in [0.1, 0.15) is 4.99 Å². The molecule has 6 nitrogen and oxygen atoms in total. The van der Waals surface area contributed by atoms with Crippen molar-refractivity contribution in [3.63, 3.8) is 0 Å². The number of thiocarbonyl (C=S) groups is 1. The number of H-pyrrole nitrogens is 1. The van der Waals surface area contributed by atoms with Crippen LogP contribution in [0.5, 0.6) is 0 Å². The van der Waals surface area contributed by atoms with Crippen LogP contribution in [0.1, 0.15) is 5.56 Å². The van der Waals surface area contributed by atoms with Gasteiger partial charge in [0.25, 0.3) is 10.0 Å². The number of imidazole rings is 1. The normalized spacial score (nSPS) is 11.2. The molecule has 0 bridgehead atoms. The standard InChI is InChI=1S/C10H9BrN4O2S2/c11-6-1-2-7(10(12)18)8(3-6)15-19(16,17)9-4-13-5-14-9/h1-5,15H,(H2,12,18)(H,13,14). The van der Waals surface area contributed by atoms with E-state index in [0.29, 0.717) is 15.7 Å². The number of nitrogens with zero attached hydrogens (tertiary/aromatic N) is 1. The molecule has 1 aromatic carbocycles. The van der Waals surface area contributed by atoms with Crippen molar-refractivity contribution >= 4 is 48.8 Å². The van der Waals surface area contributed by atoms with E-state index < -0.39 is 10.0 Å². The summed E-state index contributed by atoms with van der Waals surface area (Å²) < 4.78 is 27.3. The van der Waals surface area contributed by atoms with Crippen LogP contribution in [0.15, 0.2) is 40.2 Å². The first-order valence-electron chi connectivity index (χ1n) is 5.01. The highest BCUT2D eigenvalue weighted by atomic mass is 79.9. The largest absolute Gasteiger partial charge is 0.389 e. The van der Waals surface area contributed by atoms with Crippen LogP contribution in [-0.4, -0.2) is 23.4 Å². The van der Waals surface area contributed by atoms with Crippen LogP contribution in [0, 0.1) is 0 Å². The Bertz CT molecular complexity index is 713. The van der Waals surface area contributed by atoms with Crippen molar-refractivity contribution in [1.29, 1.82) is 0 Å². The Morgan fingerprint density at radius 3 is 2.79 bits per heavy atom. The predicted octanol–water partition coefficient (Wildman–Crippen LogP) is 1.61. The zero-order valence-corrected chi connectivity index (χ0v) is 12.6. The quantitative estimate of drug-likeness (QED) is 0.719. The molecule has 0 unspecified atom stereocenters. The lowest BCUT2D eigenvalue weighted by molar-refractivity contribution is 0.598. The Morgan fingerprint density at radius 2 is 2.21 bits per heavy atom. The van der Waals surface area contributed by atoms with Crippen LogP contribution >= 0.6 is 28.1 Å². The Morgan fingerprint density at radius 1 is 1.47 bits per heavy atom. The maximum absolute atomic E-state index is 12.1. The third-order valence-corrected chi connectivity index (χ3v) is 4.26. The fourth-order valence-corrected chi connectivity index (χ4v) is 2.92. The van der Waals surface area contributed by atoms with Gasteiger partial charge in [0.15, 0.2) is 5.03 Å². The number of nitrogens with one attached hydrogen (secondary N) is 2. The molecule has 4 N–H and O–H groups in total. The summed E-state index contributed by atoms with van der Waals surface area (Å²) in [5.41, 5.74) is 6.31. The third kappa shape index (κ3) is 3.11. The van der Waals surface area contributed by atoms with Crippen LogP contribution in [0.2, 0.25) is 0 Å². The van der Waals surface area contributed by atoms with Gasteiger partial charge in [0.05, 0.1) is 18.2 Å². The average Bonchev–Trinajstić information content (AvgIpc) is 2.81. The summed E-state index contributed by atoms with van der Waals surface area (Å²) in [5.74, 6) is 0. The van der Waals surface area contributed by atoms with Gasteiger partial charge in [-0.05, 0) is 18.2 Å². The van der Waals surface area contributed by atoms with Crippen LogP contribution in [-0.2, 0) is 10.0 Å². The van der Waals surface area contributed by atoms with E-state index in [1.54, 1.807) is 18.2 Å². The lowest BCUT2D eigenvalue weighted by Gasteiger charge is -2.11. The Balaban J connectivity index is 2.44. The highest BCUT2D eigenvalue weighted by molar-refractivity contribution is 9.10. The maximum atomic E-state index is 12.1. The molecule has 0 aliphatic heterocycles. The van der Waals surface area contributed by atoms with Crippen molar-refractivity contribution in [3.05, 3.63) is 40.8 Å². The molecule has 19 heavy (non-hydrogen) atoms. The van der Waals surface area contributed by atoms with Crippen molar-refractivity contribution in [1.82, 2.24) is 9.97 Å². The average molecular weight is 361 g/mol. The molecular formula is C10H9BrN4O2S2. The number of nitrogens with two attached hydrogens (primary N) is 1. The molecule has 0 saturated heterocycles. The summed E-state index contributed by atoms with van der Waals surface area (Å²) in [6.07, 6.45) is 2.49. The maximum Gasteiger partial charge on any atom is 0.278 e. The molecular weight excluding hydrogens is 352 g/mol. The van der Waals surface area contributed by atoms with E-state index in [2.05, 4.69) is 30.6 Å². The van der Waals surface area contributed by atoms with Crippen molar-refractivity contribution in [2.75, 3.05) is 4.72 Å². The highest BCUT2D eigenvalue weighted by Gasteiger charge is 2.18. The second-order valence-electron chi connectivity index (χ2n) is 3.58. The molecule has 100 valence electrons. The zero-order valence-electron chi connectivity index (χ0n) is 9.42. The number of aromatic amines is 1. The van der Waals surface area contributed by atoms with Crippen LogP contribution in [0.25, 0.3) is 0 Å². The fourth-order valence-electron chi connectivity index (χ4n) is 1.41. The molecule has 0 spiro atoms. The lowest BCUT2D eigenvalue weighted by Crippen LogP contribution is -2.18. The van der Waals surface area contributed by atoms with Crippen molar-refractivity contribution in [2.24, 2.45) is 5.73 Å². The van der Waals surface area contributed by atoms with E-state index in [9.17, 15) is 8.42 Å². The van der Waals surface area contributed by atoms with Crippen LogP contribution in [0.3, 0.4) is 0 Å². The lowest BCUT2D eigenvalue weighted by atomic mass is 10.2. The number of hydrogen-bond donors (Lipinski definition) is 3. The van der Waals surface area contributed by atoms with Gasteiger partial charge in [-0.2, -0.15) is 8.42 Å². The molecule has 0 aliphatic carbocycles. The first-order valence-corrected chi connectivity index (χ1v) is 7.69. The van der Waals surface area contributed by atoms with Gasteiger partial charge in [-0.1, -0.05) is 28.1 Å². The monoisotopic (exact) mass is 360 g/mol. The van der Waals surface area contributed by atoms with E-state index >= 15 is 0 Å². The highest BCUT2D eigenvalue weighted by Crippen LogP contribution is 2.23. The molecule has 0 saturated carbocycles. The van der Waals surface area contributed by atoms with Crippen LogP contribution in [0.4, 0.5) is 5.69 Å². The smallest absolute Gasteiger partial charge is 0.278 e. The van der Waals surface area contributed by atoms with E-state index in [0.717, 1.165) is 0 Å². The molecule has 0 radical (unpaired) electrons. The number of anilines is 1. The molecule has 0 fully saturated rings. The van der Waals surface area contributed by atoms with Crippen molar-refractivity contribution in [3.8, 4) is 0 Å². The summed E-state index contributed by atoms with van der Waals surface area (Å²) in [4.78, 5) is 6.30. The second-order valence-corrected chi connectivity index (χ2v) is 6.58. The molecule has 1 aromatic heterocycles. The number of sulfonamides is 1. The number of benzene rings is 1. The van der Waals surface area contributed by atoms with Crippen molar-refractivity contribution in [2.45, 2.75) is 5.03 Å². The number of aromatic nitrogens is 2. The zero-order chi connectivity index (χ0) is 14.0. The third-order valence-electron chi connectivity index (χ3n) is 2.25. The number of rotatable bonds is 4. The molecule has 2 aromatic rings. The van der Waals surface area contributed by atoms with Gasteiger partial charge < -0.3 is 10.7 Å². The van der Waals surface area contributed by atoms with Gasteiger partial charge in [-0.15, -0.1) is 0 Å². The molecule has 2 rings (SSSR count). The first-order chi connectivity index (χ1) is 8.90. The van der Waals surface area contributed by atoms with E-state index in [1.807, 2.05) is 0 Å². The SMILES string of the molecule is NC(=S)c1ccc(Br)cc1NS(=O)(=O)c1cnc[nH]1. The summed E-state index contributed by atoms with van der Waals surface area (Å²) in [7, 11) is -3.75. The first kappa shape index (κ1) is 14.0. The minimum atomic E-state index is -3.75. The Labute approximate surface area is 123 Å². The second kappa shape index (κ2) is 5.27. The summed E-state index contributed by atoms with van der Waals surface area (Å²) in [5, 5.41) is -0.0404. The molecule has 0 aliphatic rings. The summed E-state index contributed by atoms with van der Waals surface area (Å²) >= 11 is 8.15. The predicted molar refractivity (Wildman–Crippen MR) is 79.4 cm³/mol. The van der Waals surface area contributed by atoms with Gasteiger partial charge >= 0.3 is 0 Å². The molecule has 0 amide bonds. The minimum Gasteiger partial charge on any atom is -0.389 e. The fraction of sp³-hybridized carbons (Fsp3) is 0. The van der Waals surface area contributed by atoms with E-state index in [-0.39, 0.29) is 10.0 Å². The van der Waals surface area contributed by atoms with Gasteiger partial charge in [0.2, 0.25) is 0 Å². The van der Waals surface area contributed by atoms with Crippen molar-refractivity contribution < 1.29 is 8.42 Å². The van der Waals surface area contributed by atoms with Crippen LogP contribution < -0.4 is 10.5 Å². The minimum absolute atomic E-state index is 0.0404.